The second-order valence-electron chi connectivity index (χ2n) is 7.31. The van der Waals surface area contributed by atoms with Gasteiger partial charge in [-0.1, -0.05) is 30.3 Å². The van der Waals surface area contributed by atoms with Gasteiger partial charge in [-0.05, 0) is 44.7 Å². The number of likely N-dealkylation sites (tertiary alicyclic amines) is 1. The number of nitrogens with one attached hydrogen (secondary N) is 2. The van der Waals surface area contributed by atoms with Crippen LogP contribution in [0.4, 0.5) is 0 Å². The smallest absolute Gasteiger partial charge is 0.191 e. The Hall–Kier alpha value is -1.68. The normalized spacial score (nSPS) is 17.1. The number of aliphatic imine (C=N–C) groups is 1. The highest BCUT2D eigenvalue weighted by molar-refractivity contribution is 14.0. The predicted molar refractivity (Wildman–Crippen MR) is 129 cm³/mol. The van der Waals surface area contributed by atoms with Crippen LogP contribution in [0.5, 0.6) is 0 Å². The van der Waals surface area contributed by atoms with Crippen molar-refractivity contribution in [2.45, 2.75) is 51.7 Å². The fraction of sp³-hybridized carbons (Fsp3) is 0.571. The number of benzene rings is 1. The summed E-state index contributed by atoms with van der Waals surface area (Å²) in [6, 6.07) is 11.3. The molecule has 7 nitrogen and oxygen atoms in total. The van der Waals surface area contributed by atoms with Gasteiger partial charge in [-0.15, -0.1) is 34.2 Å². The highest BCUT2D eigenvalue weighted by atomic mass is 127. The maximum absolute atomic E-state index is 4.86. The molecule has 1 atom stereocenters. The number of aryl methyl sites for hydroxylation is 1. The zero-order chi connectivity index (χ0) is 19.4. The van der Waals surface area contributed by atoms with E-state index in [2.05, 4.69) is 63.0 Å². The Balaban J connectivity index is 0.00000300. The van der Waals surface area contributed by atoms with Crippen LogP contribution in [0, 0.1) is 0 Å². The third-order valence-electron chi connectivity index (χ3n) is 5.13. The average Bonchev–Trinajstić information content (AvgIpc) is 3.39. The summed E-state index contributed by atoms with van der Waals surface area (Å²) in [5.74, 6) is 0.929. The lowest BCUT2D eigenvalue weighted by molar-refractivity contribution is 0.250. The molecule has 1 aliphatic heterocycles. The van der Waals surface area contributed by atoms with Gasteiger partial charge in [-0.3, -0.25) is 9.89 Å². The second kappa shape index (κ2) is 13.5. The summed E-state index contributed by atoms with van der Waals surface area (Å²) in [5.41, 5.74) is 1.39. The molecule has 29 heavy (non-hydrogen) atoms. The van der Waals surface area contributed by atoms with E-state index in [0.29, 0.717) is 6.04 Å². The Morgan fingerprint density at radius 1 is 1.14 bits per heavy atom. The van der Waals surface area contributed by atoms with Crippen LogP contribution < -0.4 is 10.6 Å². The number of guanidine groups is 1. The maximum Gasteiger partial charge on any atom is 0.191 e. The van der Waals surface area contributed by atoms with E-state index in [1.54, 1.807) is 12.7 Å². The highest BCUT2D eigenvalue weighted by Crippen LogP contribution is 2.20. The van der Waals surface area contributed by atoms with Crippen molar-refractivity contribution in [2.75, 3.05) is 26.2 Å². The van der Waals surface area contributed by atoms with Crippen molar-refractivity contribution in [1.29, 1.82) is 0 Å². The van der Waals surface area contributed by atoms with E-state index in [4.69, 9.17) is 4.99 Å². The van der Waals surface area contributed by atoms with Crippen molar-refractivity contribution >= 4 is 29.9 Å². The second-order valence-corrected chi connectivity index (χ2v) is 7.31. The summed E-state index contributed by atoms with van der Waals surface area (Å²) in [6.45, 7) is 7.91. The Morgan fingerprint density at radius 2 is 1.93 bits per heavy atom. The lowest BCUT2D eigenvalue weighted by atomic mass is 10.2. The summed E-state index contributed by atoms with van der Waals surface area (Å²) in [6.07, 6.45) is 8.21. The Morgan fingerprint density at radius 3 is 2.69 bits per heavy atom. The van der Waals surface area contributed by atoms with Gasteiger partial charge in [-0.2, -0.15) is 0 Å². The van der Waals surface area contributed by atoms with E-state index >= 15 is 0 Å². The lowest BCUT2D eigenvalue weighted by Crippen LogP contribution is -2.39. The number of halogens is 1. The molecule has 0 amide bonds. The molecule has 2 N–H and O–H groups in total. The Labute approximate surface area is 191 Å². The van der Waals surface area contributed by atoms with Crippen molar-refractivity contribution in [1.82, 2.24) is 30.3 Å². The molecule has 0 spiro atoms. The minimum atomic E-state index is 0. The minimum Gasteiger partial charge on any atom is -0.357 e. The molecule has 1 aromatic carbocycles. The van der Waals surface area contributed by atoms with Gasteiger partial charge in [0, 0.05) is 32.2 Å². The highest BCUT2D eigenvalue weighted by Gasteiger charge is 2.24. The molecule has 0 radical (unpaired) electrons. The first-order chi connectivity index (χ1) is 13.8. The van der Waals surface area contributed by atoms with Gasteiger partial charge in [-0.25, -0.2) is 0 Å². The molecule has 1 unspecified atom stereocenters. The standard InChI is InChI=1S/C21H33N7.HI/c1-2-22-21(23-12-6-7-13-27-17-25-26-18-27)24-15-20-11-8-14-28(20)16-19-9-4-3-5-10-19;/h3-5,9-10,17-18,20H,2,6-8,11-16H2,1H3,(H2,22,23,24);1H. The van der Waals surface area contributed by atoms with Crippen LogP contribution in [0.15, 0.2) is 48.0 Å². The Kier molecular flexibility index (Phi) is 11.0. The molecule has 2 heterocycles. The lowest BCUT2D eigenvalue weighted by Gasteiger charge is -2.23. The first-order valence-corrected chi connectivity index (χ1v) is 10.5. The van der Waals surface area contributed by atoms with Crippen LogP contribution >= 0.6 is 24.0 Å². The van der Waals surface area contributed by atoms with E-state index < -0.39 is 0 Å². The molecule has 1 fully saturated rings. The number of hydrogen-bond donors (Lipinski definition) is 2. The third-order valence-corrected chi connectivity index (χ3v) is 5.13. The Bertz CT molecular complexity index is 690. The predicted octanol–water partition coefficient (Wildman–Crippen LogP) is 2.90. The molecule has 0 bridgehead atoms. The van der Waals surface area contributed by atoms with E-state index in [1.807, 2.05) is 4.57 Å². The zero-order valence-electron chi connectivity index (χ0n) is 17.3. The molecule has 0 aliphatic carbocycles. The van der Waals surface area contributed by atoms with E-state index in [1.165, 1.54) is 24.9 Å². The quantitative estimate of drug-likeness (QED) is 0.222. The van der Waals surface area contributed by atoms with Crippen molar-refractivity contribution in [3.8, 4) is 0 Å². The third kappa shape index (κ3) is 8.30. The first-order valence-electron chi connectivity index (χ1n) is 10.5. The minimum absolute atomic E-state index is 0. The summed E-state index contributed by atoms with van der Waals surface area (Å²) in [5, 5.41) is 14.5. The molecule has 2 aromatic rings. The number of unbranched alkanes of at least 4 members (excludes halogenated alkanes) is 1. The van der Waals surface area contributed by atoms with Crippen LogP contribution in [0.3, 0.4) is 0 Å². The largest absolute Gasteiger partial charge is 0.357 e. The number of hydrogen-bond acceptors (Lipinski definition) is 4. The average molecular weight is 511 g/mol. The molecule has 0 saturated carbocycles. The van der Waals surface area contributed by atoms with Gasteiger partial charge < -0.3 is 15.2 Å². The number of aromatic nitrogens is 3. The van der Waals surface area contributed by atoms with Gasteiger partial charge in [0.1, 0.15) is 12.7 Å². The van der Waals surface area contributed by atoms with E-state index in [0.717, 1.165) is 51.5 Å². The van der Waals surface area contributed by atoms with Gasteiger partial charge >= 0.3 is 0 Å². The van der Waals surface area contributed by atoms with Crippen molar-refractivity contribution in [2.24, 2.45) is 4.99 Å². The molecule has 1 aliphatic rings. The van der Waals surface area contributed by atoms with Crippen LogP contribution in [-0.4, -0.2) is 57.8 Å². The molecular formula is C21H34IN7. The van der Waals surface area contributed by atoms with Gasteiger partial charge in [0.15, 0.2) is 5.96 Å². The van der Waals surface area contributed by atoms with Crippen LogP contribution in [0.1, 0.15) is 38.2 Å². The topological polar surface area (TPSA) is 70.4 Å². The van der Waals surface area contributed by atoms with Crippen LogP contribution in [0.25, 0.3) is 0 Å². The van der Waals surface area contributed by atoms with Gasteiger partial charge in [0.05, 0.1) is 6.54 Å². The zero-order valence-corrected chi connectivity index (χ0v) is 19.7. The molecule has 1 aromatic heterocycles. The van der Waals surface area contributed by atoms with Gasteiger partial charge in [0.25, 0.3) is 0 Å². The van der Waals surface area contributed by atoms with Gasteiger partial charge in [0.2, 0.25) is 0 Å². The molecule has 1 saturated heterocycles. The van der Waals surface area contributed by atoms with Crippen LogP contribution in [0.2, 0.25) is 0 Å². The number of nitrogens with zero attached hydrogens (tertiary/aromatic N) is 5. The van der Waals surface area contributed by atoms with Crippen molar-refractivity contribution in [3.05, 3.63) is 48.5 Å². The van der Waals surface area contributed by atoms with Crippen molar-refractivity contribution < 1.29 is 0 Å². The van der Waals surface area contributed by atoms with E-state index in [9.17, 15) is 0 Å². The summed E-state index contributed by atoms with van der Waals surface area (Å²) in [4.78, 5) is 7.43. The summed E-state index contributed by atoms with van der Waals surface area (Å²) >= 11 is 0. The molecule has 3 rings (SSSR count). The first kappa shape index (κ1) is 23.6. The fourth-order valence-corrected chi connectivity index (χ4v) is 3.63. The van der Waals surface area contributed by atoms with E-state index in [-0.39, 0.29) is 24.0 Å². The molecular weight excluding hydrogens is 477 g/mol. The van der Waals surface area contributed by atoms with Crippen LogP contribution in [-0.2, 0) is 13.1 Å². The SMILES string of the molecule is CCNC(=NCC1CCCN1Cc1ccccc1)NCCCCn1cnnc1.I. The summed E-state index contributed by atoms with van der Waals surface area (Å²) in [7, 11) is 0. The molecule has 8 heteroatoms. The van der Waals surface area contributed by atoms with Crippen molar-refractivity contribution in [3.63, 3.8) is 0 Å². The molecule has 160 valence electrons. The number of rotatable bonds is 10. The maximum atomic E-state index is 4.86. The summed E-state index contributed by atoms with van der Waals surface area (Å²) < 4.78 is 2.01. The fourth-order valence-electron chi connectivity index (χ4n) is 3.63. The monoisotopic (exact) mass is 511 g/mol.